The molecule has 0 aliphatic carbocycles. The molecular formula is C12H11BrClNS. The molecule has 0 saturated carbocycles. The van der Waals surface area contributed by atoms with Crippen molar-refractivity contribution in [3.8, 4) is 0 Å². The standard InChI is InChI=1S/C12H11BrClNS/c1-15-12(11-3-2-6-16-11)9-5-4-8(13)7-10(9)14/h2-7,12,15H,1H3. The maximum absolute atomic E-state index is 6.25. The first-order valence-corrected chi connectivity index (χ1v) is 6.93. The van der Waals surface area contributed by atoms with Gasteiger partial charge in [-0.15, -0.1) is 11.3 Å². The minimum Gasteiger partial charge on any atom is -0.309 e. The molecular weight excluding hydrogens is 306 g/mol. The SMILES string of the molecule is CNC(c1cccs1)c1ccc(Br)cc1Cl. The summed E-state index contributed by atoms with van der Waals surface area (Å²) < 4.78 is 1.00. The number of hydrogen-bond donors (Lipinski definition) is 1. The van der Waals surface area contributed by atoms with Gasteiger partial charge in [0, 0.05) is 14.4 Å². The van der Waals surface area contributed by atoms with E-state index < -0.39 is 0 Å². The number of thiophene rings is 1. The molecule has 0 spiro atoms. The third-order valence-electron chi connectivity index (χ3n) is 2.39. The van der Waals surface area contributed by atoms with Gasteiger partial charge in [0.25, 0.3) is 0 Å². The van der Waals surface area contributed by atoms with Crippen molar-refractivity contribution in [1.29, 1.82) is 0 Å². The van der Waals surface area contributed by atoms with Crippen LogP contribution >= 0.6 is 38.9 Å². The van der Waals surface area contributed by atoms with E-state index in [0.29, 0.717) is 0 Å². The van der Waals surface area contributed by atoms with Crippen LogP contribution in [0.15, 0.2) is 40.2 Å². The molecule has 0 aliphatic heterocycles. The Morgan fingerprint density at radius 3 is 2.75 bits per heavy atom. The van der Waals surface area contributed by atoms with Gasteiger partial charge in [0.2, 0.25) is 0 Å². The third-order valence-corrected chi connectivity index (χ3v) is 4.15. The second-order valence-electron chi connectivity index (χ2n) is 3.40. The fraction of sp³-hybridized carbons (Fsp3) is 0.167. The largest absolute Gasteiger partial charge is 0.309 e. The van der Waals surface area contributed by atoms with Crippen LogP contribution in [0.5, 0.6) is 0 Å². The van der Waals surface area contributed by atoms with Crippen LogP contribution in [0.25, 0.3) is 0 Å². The zero-order chi connectivity index (χ0) is 11.5. The molecule has 16 heavy (non-hydrogen) atoms. The lowest BCUT2D eigenvalue weighted by Crippen LogP contribution is -2.16. The van der Waals surface area contributed by atoms with E-state index in [4.69, 9.17) is 11.6 Å². The molecule has 0 saturated heterocycles. The molecule has 1 N–H and O–H groups in total. The quantitative estimate of drug-likeness (QED) is 0.881. The fourth-order valence-corrected chi connectivity index (χ4v) is 3.28. The van der Waals surface area contributed by atoms with Gasteiger partial charge < -0.3 is 5.32 Å². The van der Waals surface area contributed by atoms with Crippen LogP contribution in [0.2, 0.25) is 5.02 Å². The topological polar surface area (TPSA) is 12.0 Å². The molecule has 2 aromatic rings. The zero-order valence-corrected chi connectivity index (χ0v) is 11.9. The Bertz CT molecular complexity index is 470. The summed E-state index contributed by atoms with van der Waals surface area (Å²) in [6, 6.07) is 10.3. The summed E-state index contributed by atoms with van der Waals surface area (Å²) in [6.07, 6.45) is 0. The smallest absolute Gasteiger partial charge is 0.0683 e. The van der Waals surface area contributed by atoms with Gasteiger partial charge in [-0.3, -0.25) is 0 Å². The van der Waals surface area contributed by atoms with Crippen molar-refractivity contribution in [1.82, 2.24) is 5.32 Å². The van der Waals surface area contributed by atoms with Crippen LogP contribution in [0.1, 0.15) is 16.5 Å². The maximum Gasteiger partial charge on any atom is 0.0683 e. The number of halogens is 2. The molecule has 1 atom stereocenters. The van der Waals surface area contributed by atoms with Crippen molar-refractivity contribution < 1.29 is 0 Å². The highest BCUT2D eigenvalue weighted by Crippen LogP contribution is 2.32. The molecule has 2 rings (SSSR count). The summed E-state index contributed by atoms with van der Waals surface area (Å²) in [7, 11) is 1.95. The maximum atomic E-state index is 6.25. The van der Waals surface area contributed by atoms with Crippen molar-refractivity contribution >= 4 is 38.9 Å². The van der Waals surface area contributed by atoms with Crippen molar-refractivity contribution in [2.45, 2.75) is 6.04 Å². The monoisotopic (exact) mass is 315 g/mol. The van der Waals surface area contributed by atoms with Crippen molar-refractivity contribution in [2.24, 2.45) is 0 Å². The predicted molar refractivity (Wildman–Crippen MR) is 74.4 cm³/mol. The van der Waals surface area contributed by atoms with Gasteiger partial charge in [-0.25, -0.2) is 0 Å². The second kappa shape index (κ2) is 5.32. The van der Waals surface area contributed by atoms with Gasteiger partial charge in [-0.05, 0) is 36.2 Å². The predicted octanol–water partition coefficient (Wildman–Crippen LogP) is 4.47. The fourth-order valence-electron chi connectivity index (χ4n) is 1.64. The van der Waals surface area contributed by atoms with Gasteiger partial charge in [-0.1, -0.05) is 39.7 Å². The molecule has 0 fully saturated rings. The van der Waals surface area contributed by atoms with E-state index in [0.717, 1.165) is 15.1 Å². The normalized spacial score (nSPS) is 12.7. The summed E-state index contributed by atoms with van der Waals surface area (Å²) in [5.41, 5.74) is 1.11. The summed E-state index contributed by atoms with van der Waals surface area (Å²) in [5, 5.41) is 6.15. The lowest BCUT2D eigenvalue weighted by atomic mass is 10.1. The molecule has 0 radical (unpaired) electrons. The van der Waals surface area contributed by atoms with Crippen LogP contribution in [-0.4, -0.2) is 7.05 Å². The first kappa shape index (κ1) is 12.1. The van der Waals surface area contributed by atoms with E-state index in [-0.39, 0.29) is 6.04 Å². The van der Waals surface area contributed by atoms with Crippen molar-refractivity contribution in [3.63, 3.8) is 0 Å². The van der Waals surface area contributed by atoms with Crippen molar-refractivity contribution in [2.75, 3.05) is 7.05 Å². The first-order valence-electron chi connectivity index (χ1n) is 4.88. The van der Waals surface area contributed by atoms with E-state index >= 15 is 0 Å². The molecule has 1 aromatic heterocycles. The van der Waals surface area contributed by atoms with Crippen LogP contribution in [0.4, 0.5) is 0 Å². The Morgan fingerprint density at radius 1 is 1.38 bits per heavy atom. The van der Waals surface area contributed by atoms with E-state index in [1.807, 2.05) is 25.2 Å². The first-order chi connectivity index (χ1) is 7.72. The van der Waals surface area contributed by atoms with Gasteiger partial charge in [-0.2, -0.15) is 0 Å². The molecule has 1 heterocycles. The lowest BCUT2D eigenvalue weighted by molar-refractivity contribution is 0.704. The Hall–Kier alpha value is -0.350. The van der Waals surface area contributed by atoms with E-state index in [1.54, 1.807) is 11.3 Å². The van der Waals surface area contributed by atoms with E-state index in [1.165, 1.54) is 4.88 Å². The average Bonchev–Trinajstić information content (AvgIpc) is 2.75. The minimum atomic E-state index is 0.167. The Labute approximate surface area is 113 Å². The second-order valence-corrected chi connectivity index (χ2v) is 5.71. The minimum absolute atomic E-state index is 0.167. The summed E-state index contributed by atoms with van der Waals surface area (Å²) >= 11 is 11.4. The van der Waals surface area contributed by atoms with Gasteiger partial charge in [0.15, 0.2) is 0 Å². The van der Waals surface area contributed by atoms with Crippen LogP contribution < -0.4 is 5.32 Å². The molecule has 0 bridgehead atoms. The third kappa shape index (κ3) is 2.48. The summed E-state index contributed by atoms with van der Waals surface area (Å²) in [4.78, 5) is 1.27. The number of rotatable bonds is 3. The van der Waals surface area contributed by atoms with Gasteiger partial charge >= 0.3 is 0 Å². The highest BCUT2D eigenvalue weighted by atomic mass is 79.9. The number of benzene rings is 1. The Morgan fingerprint density at radius 2 is 2.19 bits per heavy atom. The van der Waals surface area contributed by atoms with Crippen LogP contribution in [0.3, 0.4) is 0 Å². The average molecular weight is 317 g/mol. The molecule has 1 unspecified atom stereocenters. The molecule has 1 aromatic carbocycles. The van der Waals surface area contributed by atoms with Gasteiger partial charge in [0.05, 0.1) is 6.04 Å². The number of hydrogen-bond acceptors (Lipinski definition) is 2. The van der Waals surface area contributed by atoms with Gasteiger partial charge in [0.1, 0.15) is 0 Å². The summed E-state index contributed by atoms with van der Waals surface area (Å²) in [5.74, 6) is 0. The van der Waals surface area contributed by atoms with E-state index in [9.17, 15) is 0 Å². The van der Waals surface area contributed by atoms with Crippen LogP contribution in [0, 0.1) is 0 Å². The van der Waals surface area contributed by atoms with E-state index in [2.05, 4.69) is 38.8 Å². The highest BCUT2D eigenvalue weighted by molar-refractivity contribution is 9.10. The molecule has 4 heteroatoms. The van der Waals surface area contributed by atoms with Crippen molar-refractivity contribution in [3.05, 3.63) is 55.6 Å². The molecule has 1 nitrogen and oxygen atoms in total. The zero-order valence-electron chi connectivity index (χ0n) is 8.71. The Kier molecular flexibility index (Phi) is 4.03. The summed E-state index contributed by atoms with van der Waals surface area (Å²) in [6.45, 7) is 0. The van der Waals surface area contributed by atoms with Crippen LogP contribution in [-0.2, 0) is 0 Å². The molecule has 84 valence electrons. The highest BCUT2D eigenvalue weighted by Gasteiger charge is 2.15. The molecule has 0 amide bonds. The molecule has 0 aliphatic rings. The number of nitrogens with one attached hydrogen (secondary N) is 1. The Balaban J connectivity index is 2.41. The lowest BCUT2D eigenvalue weighted by Gasteiger charge is -2.16.